The molecule has 1 aromatic heterocycles. The van der Waals surface area contributed by atoms with Crippen LogP contribution < -0.4 is 10.6 Å². The van der Waals surface area contributed by atoms with E-state index in [1.807, 2.05) is 0 Å². The number of hydrogen-bond acceptors (Lipinski definition) is 7. The summed E-state index contributed by atoms with van der Waals surface area (Å²) in [5.74, 6) is -4.42. The first kappa shape index (κ1) is 26.6. The molecule has 1 aliphatic heterocycles. The molecule has 200 valence electrons. The van der Waals surface area contributed by atoms with Crippen LogP contribution in [0, 0.1) is 0 Å². The molecule has 1 aliphatic carbocycles. The zero-order valence-corrected chi connectivity index (χ0v) is 20.6. The van der Waals surface area contributed by atoms with Crippen molar-refractivity contribution < 1.29 is 32.4 Å². The van der Waals surface area contributed by atoms with Crippen molar-refractivity contribution in [2.75, 3.05) is 26.3 Å². The van der Waals surface area contributed by atoms with E-state index in [0.717, 1.165) is 12.8 Å². The highest BCUT2D eigenvalue weighted by molar-refractivity contribution is 6.00. The van der Waals surface area contributed by atoms with Gasteiger partial charge in [0.05, 0.1) is 19.3 Å². The van der Waals surface area contributed by atoms with Gasteiger partial charge in [0.1, 0.15) is 6.04 Å². The first-order chi connectivity index (χ1) is 17.8. The van der Waals surface area contributed by atoms with Crippen LogP contribution >= 0.6 is 0 Å². The molecule has 2 heterocycles. The zero-order chi connectivity index (χ0) is 26.4. The van der Waals surface area contributed by atoms with Gasteiger partial charge in [-0.15, -0.1) is 0 Å². The topological polar surface area (TPSA) is 127 Å². The van der Waals surface area contributed by atoms with Crippen molar-refractivity contribution in [2.24, 2.45) is 0 Å². The average molecular weight is 520 g/mol. The van der Waals surface area contributed by atoms with Gasteiger partial charge in [-0.3, -0.25) is 9.59 Å². The Morgan fingerprint density at radius 2 is 1.81 bits per heavy atom. The molecule has 10 nitrogen and oxygen atoms in total. The molecule has 4 rings (SSSR count). The zero-order valence-electron chi connectivity index (χ0n) is 20.6. The van der Waals surface area contributed by atoms with Gasteiger partial charge in [0, 0.05) is 31.8 Å². The number of nitrogens with one attached hydrogen (secondary N) is 2. The minimum atomic E-state index is -3.31. The minimum Gasteiger partial charge on any atom is -0.378 e. The number of carbonyl (C=O) groups excluding carboxylic acids is 3. The highest BCUT2D eigenvalue weighted by atomic mass is 19.3. The Bertz CT molecular complexity index is 1090. The van der Waals surface area contributed by atoms with E-state index in [4.69, 9.17) is 9.26 Å². The number of rotatable bonds is 11. The van der Waals surface area contributed by atoms with Gasteiger partial charge in [-0.25, -0.2) is 13.6 Å². The Balaban J connectivity index is 1.46. The van der Waals surface area contributed by atoms with Crippen LogP contribution in [0.3, 0.4) is 0 Å². The molecular formula is C25H31F2N5O5. The van der Waals surface area contributed by atoms with E-state index in [1.54, 1.807) is 37.3 Å². The van der Waals surface area contributed by atoms with Gasteiger partial charge in [0.15, 0.2) is 0 Å². The first-order valence-corrected chi connectivity index (χ1v) is 12.5. The second-order valence-corrected chi connectivity index (χ2v) is 9.39. The number of alkyl halides is 2. The first-order valence-electron chi connectivity index (χ1n) is 12.5. The van der Waals surface area contributed by atoms with Gasteiger partial charge in [0.2, 0.25) is 23.4 Å². The number of ketones is 1. The summed E-state index contributed by atoms with van der Waals surface area (Å²) in [7, 11) is 0. The van der Waals surface area contributed by atoms with Crippen molar-refractivity contribution in [2.45, 2.75) is 63.0 Å². The summed E-state index contributed by atoms with van der Waals surface area (Å²) in [6.45, 7) is 2.84. The van der Waals surface area contributed by atoms with Gasteiger partial charge in [0.25, 0.3) is 5.92 Å². The lowest BCUT2D eigenvalue weighted by Gasteiger charge is -2.30. The van der Waals surface area contributed by atoms with Crippen molar-refractivity contribution >= 4 is 17.7 Å². The van der Waals surface area contributed by atoms with Crippen LogP contribution in [0.15, 0.2) is 34.9 Å². The van der Waals surface area contributed by atoms with E-state index < -0.39 is 48.6 Å². The second-order valence-electron chi connectivity index (χ2n) is 9.39. The number of halogens is 2. The highest BCUT2D eigenvalue weighted by Gasteiger charge is 2.39. The van der Waals surface area contributed by atoms with E-state index in [9.17, 15) is 14.4 Å². The van der Waals surface area contributed by atoms with Crippen molar-refractivity contribution in [3.8, 4) is 0 Å². The molecule has 1 saturated carbocycles. The third-order valence-electron chi connectivity index (χ3n) is 6.35. The number of amides is 3. The molecule has 2 unspecified atom stereocenters. The van der Waals surface area contributed by atoms with Crippen LogP contribution in [0.2, 0.25) is 0 Å². The van der Waals surface area contributed by atoms with Crippen LogP contribution in [-0.4, -0.2) is 77.1 Å². The molecule has 37 heavy (non-hydrogen) atoms. The minimum absolute atomic E-state index is 0.148. The number of carbonyl (C=O) groups is 3. The van der Waals surface area contributed by atoms with Gasteiger partial charge in [-0.2, -0.15) is 4.98 Å². The quantitative estimate of drug-likeness (QED) is 0.437. The molecule has 12 heteroatoms. The average Bonchev–Trinajstić information content (AvgIpc) is 3.63. The van der Waals surface area contributed by atoms with Crippen LogP contribution in [0.1, 0.15) is 60.6 Å². The lowest BCUT2D eigenvalue weighted by Crippen LogP contribution is -2.57. The van der Waals surface area contributed by atoms with E-state index in [-0.39, 0.29) is 31.3 Å². The van der Waals surface area contributed by atoms with E-state index >= 15 is 8.78 Å². The molecule has 0 bridgehead atoms. The van der Waals surface area contributed by atoms with E-state index in [0.29, 0.717) is 24.7 Å². The number of morpholine rings is 1. The summed E-state index contributed by atoms with van der Waals surface area (Å²) in [6.07, 6.45) is 0.440. The number of urea groups is 1. The largest absolute Gasteiger partial charge is 0.378 e. The third-order valence-corrected chi connectivity index (χ3v) is 6.35. The number of ether oxygens (including phenoxy) is 1. The van der Waals surface area contributed by atoms with Gasteiger partial charge in [-0.1, -0.05) is 42.4 Å². The Morgan fingerprint density at radius 1 is 1.11 bits per heavy atom. The Morgan fingerprint density at radius 3 is 2.46 bits per heavy atom. The lowest BCUT2D eigenvalue weighted by molar-refractivity contribution is -0.126. The van der Waals surface area contributed by atoms with Gasteiger partial charge in [-0.05, 0) is 24.8 Å². The van der Waals surface area contributed by atoms with Crippen molar-refractivity contribution in [1.29, 1.82) is 0 Å². The molecule has 0 radical (unpaired) electrons. The number of nitrogens with zero attached hydrogens (tertiary/aromatic N) is 3. The maximum Gasteiger partial charge on any atom is 0.318 e. The molecule has 2 N–H and O–H groups in total. The standard InChI is InChI=1S/C25H31F2N5O5/c1-2-18(20(33)21-30-23(37-31-21)17-8-9-17)28-22(34)19(29-24(35)32-10-12-36-13-11-32)15-25(26,27)14-16-6-4-3-5-7-16/h3-7,17-19H,2,8-15H2,1H3,(H,28,34)(H,29,35). The maximum atomic E-state index is 15.1. The second kappa shape index (κ2) is 11.8. The molecule has 2 aliphatic rings. The monoisotopic (exact) mass is 519 g/mol. The fourth-order valence-corrected chi connectivity index (χ4v) is 4.09. The van der Waals surface area contributed by atoms with Crippen LogP contribution in [0.5, 0.6) is 0 Å². The SMILES string of the molecule is CCC(NC(=O)C(CC(F)(F)Cc1ccccc1)NC(=O)N1CCOCC1)C(=O)c1noc(C2CC2)n1. The smallest absolute Gasteiger partial charge is 0.318 e. The van der Waals surface area contributed by atoms with E-state index in [2.05, 4.69) is 20.8 Å². The fourth-order valence-electron chi connectivity index (χ4n) is 4.09. The van der Waals surface area contributed by atoms with Crippen molar-refractivity contribution in [3.05, 3.63) is 47.6 Å². The number of benzene rings is 1. The van der Waals surface area contributed by atoms with E-state index in [1.165, 1.54) is 4.90 Å². The summed E-state index contributed by atoms with van der Waals surface area (Å²) in [4.78, 5) is 44.4. The van der Waals surface area contributed by atoms with Gasteiger partial charge < -0.3 is 24.8 Å². The number of hydrogen-bond donors (Lipinski definition) is 2. The van der Waals surface area contributed by atoms with Crippen molar-refractivity contribution in [1.82, 2.24) is 25.7 Å². The number of Topliss-reactive ketones (excluding diaryl/α,β-unsaturated/α-hetero) is 1. The molecule has 2 atom stereocenters. The van der Waals surface area contributed by atoms with Crippen LogP contribution in [0.25, 0.3) is 0 Å². The third kappa shape index (κ3) is 7.31. The summed E-state index contributed by atoms with van der Waals surface area (Å²) in [5.41, 5.74) is 0.399. The predicted molar refractivity (Wildman–Crippen MR) is 127 cm³/mol. The maximum absolute atomic E-state index is 15.1. The van der Waals surface area contributed by atoms with Crippen LogP contribution in [0.4, 0.5) is 13.6 Å². The molecule has 1 saturated heterocycles. The Hall–Kier alpha value is -3.41. The lowest BCUT2D eigenvalue weighted by atomic mass is 9.99. The summed E-state index contributed by atoms with van der Waals surface area (Å²) in [6, 6.07) is 4.87. The molecule has 3 amide bonds. The molecule has 2 aromatic rings. The fraction of sp³-hybridized carbons (Fsp3) is 0.560. The van der Waals surface area contributed by atoms with Crippen molar-refractivity contribution in [3.63, 3.8) is 0 Å². The van der Waals surface area contributed by atoms with Gasteiger partial charge >= 0.3 is 6.03 Å². The molecule has 0 spiro atoms. The normalized spacial score (nSPS) is 17.6. The summed E-state index contributed by atoms with van der Waals surface area (Å²) < 4.78 is 40.5. The Labute approximate surface area is 213 Å². The highest BCUT2D eigenvalue weighted by Crippen LogP contribution is 2.38. The summed E-state index contributed by atoms with van der Waals surface area (Å²) in [5, 5.41) is 8.67. The summed E-state index contributed by atoms with van der Waals surface area (Å²) >= 11 is 0. The molecule has 2 fully saturated rings. The Kier molecular flexibility index (Phi) is 8.47. The van der Waals surface area contributed by atoms with Crippen LogP contribution in [-0.2, 0) is 16.0 Å². The number of aromatic nitrogens is 2. The molecular weight excluding hydrogens is 488 g/mol. The molecule has 1 aromatic carbocycles. The predicted octanol–water partition coefficient (Wildman–Crippen LogP) is 2.70.